The van der Waals surface area contributed by atoms with Crippen LogP contribution in [0.1, 0.15) is 28.1 Å². The fraction of sp³-hybridized carbons (Fsp3) is 0.130. The molecular weight excluding hydrogens is 431 g/mol. The van der Waals surface area contributed by atoms with Crippen LogP contribution in [0.15, 0.2) is 76.8 Å². The second-order valence-corrected chi connectivity index (χ2v) is 9.01. The number of rotatable bonds is 3. The Morgan fingerprint density at radius 3 is 2.74 bits per heavy atom. The van der Waals surface area contributed by atoms with Gasteiger partial charge in [0.2, 0.25) is 11.1 Å². The predicted molar refractivity (Wildman–Crippen MR) is 121 cm³/mol. The van der Waals surface area contributed by atoms with Crippen LogP contribution in [0.4, 0.5) is 10.3 Å². The minimum Gasteiger partial charge on any atom is -0.480 e. The van der Waals surface area contributed by atoms with Gasteiger partial charge in [-0.15, -0.1) is 16.4 Å². The topological polar surface area (TPSA) is 52.0 Å². The minimum absolute atomic E-state index is 0.280. The summed E-state index contributed by atoms with van der Waals surface area (Å²) in [7, 11) is 0. The van der Waals surface area contributed by atoms with Crippen molar-refractivity contribution in [2.45, 2.75) is 17.3 Å². The Morgan fingerprint density at radius 2 is 1.94 bits per heavy atom. The number of aromatic nitrogens is 3. The van der Waals surface area contributed by atoms with Gasteiger partial charge in [-0.2, -0.15) is 4.98 Å². The summed E-state index contributed by atoms with van der Waals surface area (Å²) in [4.78, 5) is 5.69. The first-order chi connectivity index (χ1) is 15.2. The molecule has 6 rings (SSSR count). The summed E-state index contributed by atoms with van der Waals surface area (Å²) >= 11 is 3.08. The molecule has 4 heterocycles. The molecule has 0 aliphatic carbocycles. The van der Waals surface area contributed by atoms with Crippen molar-refractivity contribution in [3.05, 3.63) is 93.4 Å². The van der Waals surface area contributed by atoms with E-state index in [1.807, 2.05) is 54.1 Å². The van der Waals surface area contributed by atoms with Gasteiger partial charge in [-0.05, 0) is 35.9 Å². The molecule has 2 aromatic carbocycles. The number of hydrogen-bond acceptors (Lipinski definition) is 6. The van der Waals surface area contributed by atoms with Gasteiger partial charge < -0.3 is 10.1 Å². The molecule has 0 saturated heterocycles. The Bertz CT molecular complexity index is 1310. The van der Waals surface area contributed by atoms with E-state index in [0.29, 0.717) is 16.7 Å². The lowest BCUT2D eigenvalue weighted by Crippen LogP contribution is -2.32. The summed E-state index contributed by atoms with van der Waals surface area (Å²) in [5, 5.41) is 10.8. The number of para-hydroxylation sites is 1. The number of ether oxygens (including phenoxy) is 1. The molecule has 2 atom stereocenters. The molecule has 0 spiro atoms. The summed E-state index contributed by atoms with van der Waals surface area (Å²) in [5.74, 6) is 1.10. The Hall–Kier alpha value is -3.10. The van der Waals surface area contributed by atoms with Crippen LogP contribution in [-0.4, -0.2) is 21.0 Å². The Balaban J connectivity index is 1.66. The van der Waals surface area contributed by atoms with E-state index in [0.717, 1.165) is 27.5 Å². The van der Waals surface area contributed by atoms with Gasteiger partial charge in [0.25, 0.3) is 0 Å². The highest BCUT2D eigenvalue weighted by Gasteiger charge is 2.42. The van der Waals surface area contributed by atoms with E-state index in [4.69, 9.17) is 4.74 Å². The number of thiophene rings is 1. The van der Waals surface area contributed by atoms with Crippen molar-refractivity contribution in [1.82, 2.24) is 14.8 Å². The van der Waals surface area contributed by atoms with Gasteiger partial charge in [0.15, 0.2) is 6.10 Å². The molecule has 4 aromatic rings. The zero-order valence-corrected chi connectivity index (χ0v) is 18.1. The van der Waals surface area contributed by atoms with Crippen molar-refractivity contribution < 1.29 is 9.13 Å². The van der Waals surface area contributed by atoms with Gasteiger partial charge >= 0.3 is 0 Å². The number of nitrogens with one attached hydrogen (secondary N) is 1. The highest BCUT2D eigenvalue weighted by Crippen LogP contribution is 2.51. The minimum atomic E-state index is -0.485. The van der Waals surface area contributed by atoms with Gasteiger partial charge in [-0.25, -0.2) is 9.07 Å². The van der Waals surface area contributed by atoms with E-state index in [1.165, 1.54) is 17.8 Å². The molecule has 2 aromatic heterocycles. The van der Waals surface area contributed by atoms with Crippen molar-refractivity contribution in [2.75, 3.05) is 11.6 Å². The van der Waals surface area contributed by atoms with E-state index in [2.05, 4.69) is 21.5 Å². The molecule has 0 unspecified atom stereocenters. The van der Waals surface area contributed by atoms with Crippen LogP contribution in [0.3, 0.4) is 0 Å². The number of thioether (sulfide) groups is 1. The third-order valence-corrected chi connectivity index (χ3v) is 7.00. The summed E-state index contributed by atoms with van der Waals surface area (Å²) in [6, 6.07) is 18.3. The van der Waals surface area contributed by atoms with Crippen LogP contribution in [0.25, 0.3) is 5.70 Å². The molecule has 0 bridgehead atoms. The summed E-state index contributed by atoms with van der Waals surface area (Å²) in [6.07, 6.45) is 1.57. The molecule has 154 valence electrons. The van der Waals surface area contributed by atoms with Crippen LogP contribution < -0.4 is 10.1 Å². The first-order valence-corrected chi connectivity index (χ1v) is 11.9. The molecular formula is C23H17FN4OS2. The largest absolute Gasteiger partial charge is 0.480 e. The van der Waals surface area contributed by atoms with Crippen molar-refractivity contribution in [2.24, 2.45) is 0 Å². The van der Waals surface area contributed by atoms with Crippen LogP contribution >= 0.6 is 23.1 Å². The Kier molecular flexibility index (Phi) is 4.36. The van der Waals surface area contributed by atoms with E-state index in [-0.39, 0.29) is 11.9 Å². The number of halogens is 1. The summed E-state index contributed by atoms with van der Waals surface area (Å²) in [6.45, 7) is 0. The molecule has 0 fully saturated rings. The lowest BCUT2D eigenvalue weighted by atomic mass is 9.86. The normalized spacial score (nSPS) is 19.2. The average molecular weight is 449 g/mol. The van der Waals surface area contributed by atoms with E-state index < -0.39 is 6.04 Å². The summed E-state index contributed by atoms with van der Waals surface area (Å²) < 4.78 is 23.4. The van der Waals surface area contributed by atoms with Crippen molar-refractivity contribution >= 4 is 34.7 Å². The molecule has 2 aliphatic heterocycles. The number of nitrogens with zero attached hydrogens (tertiary/aromatic N) is 3. The SMILES string of the molecule is CSc1nc2n(n1)[C@@H](c1ccccc1F)C1=C(N2)c2ccccc2O[C@H]1c1cccs1. The van der Waals surface area contributed by atoms with Gasteiger partial charge in [-0.1, -0.05) is 48.2 Å². The second-order valence-electron chi connectivity index (χ2n) is 7.26. The first-order valence-electron chi connectivity index (χ1n) is 9.80. The fourth-order valence-corrected chi connectivity index (χ4v) is 5.34. The number of benzene rings is 2. The van der Waals surface area contributed by atoms with E-state index in [1.54, 1.807) is 22.1 Å². The van der Waals surface area contributed by atoms with Crippen molar-refractivity contribution in [1.29, 1.82) is 0 Å². The van der Waals surface area contributed by atoms with Crippen LogP contribution in [0, 0.1) is 5.82 Å². The Morgan fingerprint density at radius 1 is 1.10 bits per heavy atom. The zero-order chi connectivity index (χ0) is 20.9. The highest BCUT2D eigenvalue weighted by atomic mass is 32.2. The van der Waals surface area contributed by atoms with Crippen LogP contribution in [-0.2, 0) is 0 Å². The molecule has 0 amide bonds. The lowest BCUT2D eigenvalue weighted by molar-refractivity contribution is 0.226. The molecule has 31 heavy (non-hydrogen) atoms. The van der Waals surface area contributed by atoms with Crippen LogP contribution in [0.2, 0.25) is 0 Å². The molecule has 5 nitrogen and oxygen atoms in total. The number of anilines is 1. The molecule has 1 N–H and O–H groups in total. The predicted octanol–water partition coefficient (Wildman–Crippen LogP) is 5.76. The van der Waals surface area contributed by atoms with Gasteiger partial charge in [0, 0.05) is 21.6 Å². The third kappa shape index (κ3) is 2.90. The molecule has 0 radical (unpaired) electrons. The van der Waals surface area contributed by atoms with E-state index >= 15 is 4.39 Å². The van der Waals surface area contributed by atoms with Gasteiger partial charge in [-0.3, -0.25) is 0 Å². The van der Waals surface area contributed by atoms with Crippen LogP contribution in [0.5, 0.6) is 5.75 Å². The maximum absolute atomic E-state index is 15.1. The molecule has 8 heteroatoms. The highest BCUT2D eigenvalue weighted by molar-refractivity contribution is 7.98. The summed E-state index contributed by atoms with van der Waals surface area (Å²) in [5.41, 5.74) is 3.31. The Labute approximate surface area is 186 Å². The third-order valence-electron chi connectivity index (χ3n) is 5.54. The number of hydrogen-bond donors (Lipinski definition) is 1. The maximum atomic E-state index is 15.1. The second kappa shape index (κ2) is 7.25. The van der Waals surface area contributed by atoms with Gasteiger partial charge in [0.05, 0.1) is 5.70 Å². The monoisotopic (exact) mass is 448 g/mol. The lowest BCUT2D eigenvalue weighted by Gasteiger charge is -2.38. The average Bonchev–Trinajstić information content (AvgIpc) is 3.47. The van der Waals surface area contributed by atoms with Gasteiger partial charge in [0.1, 0.15) is 17.6 Å². The van der Waals surface area contributed by atoms with E-state index in [9.17, 15) is 0 Å². The molecule has 0 saturated carbocycles. The fourth-order valence-electron chi connectivity index (χ4n) is 4.22. The van der Waals surface area contributed by atoms with Crippen molar-refractivity contribution in [3.8, 4) is 5.75 Å². The smallest absolute Gasteiger partial charge is 0.227 e. The molecule has 2 aliphatic rings. The first kappa shape index (κ1) is 18.7. The maximum Gasteiger partial charge on any atom is 0.227 e. The quantitative estimate of drug-likeness (QED) is 0.404. The number of fused-ring (bicyclic) bond motifs is 3. The van der Waals surface area contributed by atoms with Crippen molar-refractivity contribution in [3.63, 3.8) is 0 Å². The zero-order valence-electron chi connectivity index (χ0n) is 16.4. The standard InChI is InChI=1S/C23H17FN4OS2/c1-30-23-26-22-25-19-14-8-3-5-10-16(14)29-21(17-11-6-12-31-17)18(19)20(28(22)27-23)13-7-2-4-9-15(13)24/h2-12,20-21H,1H3,(H,25,26,27)/t20-,21-/m0/s1.